The van der Waals surface area contributed by atoms with Gasteiger partial charge in [0.1, 0.15) is 52.6 Å². The molecule has 0 radical (unpaired) electrons. The smallest absolute Gasteiger partial charge is 0.312 e. The molecular weight excluding hydrogens is 1540 g/mol. The number of aromatic hydroxyl groups is 2. The largest absolute Gasteiger partial charge is 0.507 e. The number of nitrogens with zero attached hydrogens (tertiary/aromatic N) is 5. The molecule has 1 amide bonds. The normalized spacial score (nSPS) is 39.1. The lowest BCUT2D eigenvalue weighted by molar-refractivity contribution is -0.317. The van der Waals surface area contributed by atoms with Gasteiger partial charge in [0.25, 0.3) is 11.7 Å². The molecular formula is C87H138N6O26. The van der Waals surface area contributed by atoms with E-state index in [-0.39, 0.29) is 100 Å². The van der Waals surface area contributed by atoms with Crippen LogP contribution in [0.2, 0.25) is 0 Å². The molecule has 0 saturated carbocycles. The summed E-state index contributed by atoms with van der Waals surface area (Å²) < 4.78 is 72.1. The first kappa shape index (κ1) is 98.0. The molecule has 7 aliphatic rings. The number of rotatable bonds is 17. The van der Waals surface area contributed by atoms with Crippen LogP contribution in [-0.4, -0.2) is 280 Å². The number of likely N-dealkylation sites (tertiary alicyclic amines) is 1. The maximum Gasteiger partial charge on any atom is 0.312 e. The first-order valence-electron chi connectivity index (χ1n) is 42.0. The highest BCUT2D eigenvalue weighted by molar-refractivity contribution is 6.19. The zero-order valence-corrected chi connectivity index (χ0v) is 74.4. The van der Waals surface area contributed by atoms with Crippen molar-refractivity contribution in [2.45, 2.75) is 297 Å². The number of anilines is 1. The van der Waals surface area contributed by atoms with E-state index in [9.17, 15) is 65.1 Å². The highest BCUT2D eigenvalue weighted by Gasteiger charge is 2.56. The fraction of sp³-hybridized carbons (Fsp3) is 0.759. The van der Waals surface area contributed by atoms with Crippen molar-refractivity contribution in [1.82, 2.24) is 9.80 Å². The number of Topliss-reactive ketones (excluding diaryl/α,β-unsaturated/α-hetero) is 1. The molecule has 4 bridgehead atoms. The Balaban J connectivity index is 0.000000297. The number of oxime groups is 1. The van der Waals surface area contributed by atoms with E-state index in [1.807, 2.05) is 32.8 Å². The SMILES string of the molecule is CC[C@H]1OC(=O)[C@H](C)[C@@H](OC2CC(C)(OC)C(O)C(C)O2)[C@H](C)[C@@H](OC2OC(C)CC(N(C)C)C2O)[C@](C)(O)C[C@@H](C)/C(=N\OCOCCOC)[C@H](C)[C@@H](O)[C@]1(C)O.CO[C@H]1/C=C\O[C@@]2(C)Oc3c(C)c(O)c4c(O)c(c5c(c4c3C2=O)=NC2(CCN(CC(C)C)CC2)N=5)NC(=O)/C(C)=C/C=C\[C@H](C)[C@H](O)[C@@H](C)[C@@H](O)[C@H](C)[C@@H](OC(C)=O)[C@@H]1C. The third-order valence-corrected chi connectivity index (χ3v) is 25.5. The number of ether oxygens (including phenoxy) is 12. The molecule has 1 spiro atoms. The Morgan fingerprint density at radius 3 is 2.04 bits per heavy atom. The van der Waals surface area contributed by atoms with Crippen LogP contribution < -0.4 is 20.8 Å². The number of ketones is 1. The number of hydrogen-bond acceptors (Lipinski definition) is 31. The Bertz CT molecular complexity index is 4090. The number of piperidine rings is 1. The van der Waals surface area contributed by atoms with E-state index in [1.165, 1.54) is 41.3 Å². The predicted molar refractivity (Wildman–Crippen MR) is 440 cm³/mol. The lowest BCUT2D eigenvalue weighted by Gasteiger charge is -2.49. The van der Waals surface area contributed by atoms with Crippen molar-refractivity contribution < 1.29 is 127 Å². The van der Waals surface area contributed by atoms with Crippen LogP contribution in [-0.2, 0) is 71.3 Å². The number of cyclic esters (lactones) is 1. The van der Waals surface area contributed by atoms with Gasteiger partial charge in [-0.1, -0.05) is 92.6 Å². The number of hydrogen-bond donors (Lipinski definition) is 10. The van der Waals surface area contributed by atoms with E-state index in [0.29, 0.717) is 50.6 Å². The van der Waals surface area contributed by atoms with Crippen molar-refractivity contribution in [1.29, 1.82) is 0 Å². The molecule has 2 aromatic rings. The van der Waals surface area contributed by atoms with Gasteiger partial charge in [-0.3, -0.25) is 29.2 Å². The highest BCUT2D eigenvalue weighted by atomic mass is 16.7. The second-order valence-corrected chi connectivity index (χ2v) is 35.7. The zero-order valence-electron chi connectivity index (χ0n) is 74.4. The lowest BCUT2D eigenvalue weighted by atomic mass is 9.73. The number of nitrogens with one attached hydrogen (secondary N) is 1. The zero-order chi connectivity index (χ0) is 88.8. The van der Waals surface area contributed by atoms with Crippen LogP contribution in [0.5, 0.6) is 17.2 Å². The molecule has 32 nitrogen and oxygen atoms in total. The van der Waals surface area contributed by atoms with Crippen molar-refractivity contribution in [3.63, 3.8) is 0 Å². The second-order valence-electron chi connectivity index (χ2n) is 35.7. The average Bonchev–Trinajstić information content (AvgIpc) is 1.55. The number of carbonyl (C=O) groups is 4. The van der Waals surface area contributed by atoms with Gasteiger partial charge in [0.15, 0.2) is 24.0 Å². The first-order chi connectivity index (χ1) is 55.6. The minimum atomic E-state index is -1.97. The number of esters is 2. The molecule has 0 aliphatic carbocycles. The van der Waals surface area contributed by atoms with E-state index in [0.717, 1.165) is 6.54 Å². The molecule has 4 fully saturated rings. The summed E-state index contributed by atoms with van der Waals surface area (Å²) in [5.41, 5.74) is -5.07. The van der Waals surface area contributed by atoms with Gasteiger partial charge in [-0.25, -0.2) is 0 Å². The van der Waals surface area contributed by atoms with Gasteiger partial charge in [-0.2, -0.15) is 0 Å². The van der Waals surface area contributed by atoms with Gasteiger partial charge >= 0.3 is 17.7 Å². The summed E-state index contributed by atoms with van der Waals surface area (Å²) in [6.45, 7) is 36.8. The average molecular weight is 1680 g/mol. The monoisotopic (exact) mass is 1680 g/mol. The number of phenolic OH excluding ortho intramolecular Hbond substituents is 2. The van der Waals surface area contributed by atoms with Gasteiger partial charge in [0.05, 0.1) is 107 Å². The van der Waals surface area contributed by atoms with Crippen molar-refractivity contribution in [2.75, 3.05) is 80.4 Å². The highest BCUT2D eigenvalue weighted by Crippen LogP contribution is 2.51. The molecule has 4 saturated heterocycles. The van der Waals surface area contributed by atoms with Gasteiger partial charge < -0.3 is 123 Å². The summed E-state index contributed by atoms with van der Waals surface area (Å²) in [7, 11) is 8.23. The molecule has 7 heterocycles. The summed E-state index contributed by atoms with van der Waals surface area (Å²) in [6, 6.07) is -0.328. The van der Waals surface area contributed by atoms with E-state index < -0.39 is 185 Å². The number of aliphatic hydroxyl groups excluding tert-OH is 5. The fourth-order valence-corrected chi connectivity index (χ4v) is 18.1. The summed E-state index contributed by atoms with van der Waals surface area (Å²) >= 11 is 0. The molecule has 7 aliphatic heterocycles. The van der Waals surface area contributed by atoms with E-state index in [2.05, 4.69) is 29.2 Å². The molecule has 672 valence electrons. The Kier molecular flexibility index (Phi) is 33.4. The van der Waals surface area contributed by atoms with Crippen LogP contribution in [0.1, 0.15) is 186 Å². The van der Waals surface area contributed by atoms with Crippen molar-refractivity contribution in [2.24, 2.45) is 68.4 Å². The fourth-order valence-electron chi connectivity index (χ4n) is 18.1. The second kappa shape index (κ2) is 40.5. The van der Waals surface area contributed by atoms with Crippen LogP contribution in [0, 0.1) is 60.2 Å². The summed E-state index contributed by atoms with van der Waals surface area (Å²) in [4.78, 5) is 75.5. The molecule has 8 unspecified atom stereocenters. The summed E-state index contributed by atoms with van der Waals surface area (Å²) in [5.74, 6) is -10.6. The van der Waals surface area contributed by atoms with Crippen LogP contribution in [0.4, 0.5) is 5.69 Å². The Morgan fingerprint density at radius 1 is 0.782 bits per heavy atom. The van der Waals surface area contributed by atoms with E-state index in [4.69, 9.17) is 71.7 Å². The number of carbonyl (C=O) groups excluding carboxylic acids is 4. The standard InChI is InChI=1S/C46H62N4O11.C41H76N2O15/c1-22(2)21-50-18-16-46(17-19-50)48-34-31-32-39(54)28(8)42-33(31)43(56)45(10,61-42)59-20-15-30(58-11)25(5)41(60-29(9)51)27(7)38(53)26(6)37(52)23(3)13-12-14-24(4)44(57)47-36(40(32)55)35(34)49-46;1-15-29-41(10,49)34(45)24(4)31(42-53-21-52-17-16-50-13)22(2)19-39(8,48)36(58-38-32(44)28(43(11)12)18-23(3)54-38)25(5)33(26(6)37(47)56-29)57-30-20-40(9,51-14)35(46)27(7)55-30/h12-15,20,22-23,25-27,30,37-38,41,52-55H,16-19,21H2,1-11H3,(H,47,57);22-30,32-36,38,44-46,48-49H,15-21H2,1-14H3/b13-12-,20-15-,24-14+;42-31+/t23-,25+,26+,27-,30-,37-,38+,41-,45-;22-,23?,24+,25+,26-,27?,28?,29-,30?,32?,33+,34-,35?,36-,38?,39-,40?,41-/m01/s1. The predicted octanol–water partition coefficient (Wildman–Crippen LogP) is 6.96. The minimum absolute atomic E-state index is 0.0307. The first-order valence-corrected chi connectivity index (χ1v) is 42.0. The third-order valence-electron chi connectivity index (χ3n) is 25.5. The van der Waals surface area contributed by atoms with Crippen LogP contribution >= 0.6 is 0 Å². The number of phenols is 2. The Labute approximate surface area is 700 Å². The van der Waals surface area contributed by atoms with Gasteiger partial charge in [-0.15, -0.1) is 0 Å². The number of amides is 1. The van der Waals surface area contributed by atoms with Crippen LogP contribution in [0.25, 0.3) is 10.8 Å². The van der Waals surface area contributed by atoms with Crippen molar-refractivity contribution in [3.05, 3.63) is 58.0 Å². The number of methoxy groups -OCH3 is 3. The lowest BCUT2D eigenvalue weighted by Crippen LogP contribution is -2.61. The molecule has 10 N–H and O–H groups in total. The molecule has 0 aromatic heterocycles. The Hall–Kier alpha value is -6.41. The number of likely N-dealkylation sites (N-methyl/N-ethyl adjacent to an activating group) is 1. The minimum Gasteiger partial charge on any atom is -0.507 e. The number of benzene rings is 2. The summed E-state index contributed by atoms with van der Waals surface area (Å²) in [6.07, 6.45) is -4.46. The quantitative estimate of drug-likeness (QED) is 0.0251. The van der Waals surface area contributed by atoms with Crippen LogP contribution in [0.3, 0.4) is 0 Å². The molecule has 32 heteroatoms. The topological polar surface area (TPSA) is 426 Å². The molecule has 9 rings (SSSR count). The van der Waals surface area contributed by atoms with E-state index >= 15 is 0 Å². The van der Waals surface area contributed by atoms with Gasteiger partial charge in [0, 0.05) is 138 Å². The maximum absolute atomic E-state index is 14.7. The third kappa shape index (κ3) is 21.7. The molecule has 119 heavy (non-hydrogen) atoms. The maximum atomic E-state index is 14.7. The Morgan fingerprint density at radius 2 is 1.44 bits per heavy atom. The van der Waals surface area contributed by atoms with Gasteiger partial charge in [0.2, 0.25) is 6.79 Å². The number of aliphatic hydroxyl groups is 7. The number of allylic oxidation sites excluding steroid dienone is 2. The van der Waals surface area contributed by atoms with Gasteiger partial charge in [-0.05, 0) is 101 Å². The van der Waals surface area contributed by atoms with Crippen molar-refractivity contribution in [3.8, 4) is 17.2 Å². The summed E-state index contributed by atoms with van der Waals surface area (Å²) in [5, 5.41) is 114. The number of fused-ring (bicyclic) bond motifs is 1. The van der Waals surface area contributed by atoms with E-state index in [1.54, 1.807) is 121 Å². The molecule has 2 aromatic carbocycles. The van der Waals surface area contributed by atoms with Crippen LogP contribution in [0.15, 0.2) is 51.3 Å². The van der Waals surface area contributed by atoms with Crippen molar-refractivity contribution >= 4 is 45.8 Å². The molecule has 27 atom stereocenters.